The second-order valence-corrected chi connectivity index (χ2v) is 12.8. The van der Waals surface area contributed by atoms with E-state index in [0.29, 0.717) is 18.4 Å². The molecule has 3 unspecified atom stereocenters. The van der Waals surface area contributed by atoms with E-state index >= 15 is 0 Å². The van der Waals surface area contributed by atoms with Crippen molar-refractivity contribution in [3.63, 3.8) is 0 Å². The third-order valence-electron chi connectivity index (χ3n) is 7.63. The maximum absolute atomic E-state index is 12.9. The fourth-order valence-corrected chi connectivity index (χ4v) is 6.21. The molecular formula is C31H60O3S. The Hall–Kier alpha value is -0.510. The fourth-order valence-electron chi connectivity index (χ4n) is 4.88. The van der Waals surface area contributed by atoms with Crippen LogP contribution in [0.1, 0.15) is 151 Å². The molecule has 0 aliphatic rings. The zero-order valence-corrected chi connectivity index (χ0v) is 25.5. The van der Waals surface area contributed by atoms with Crippen molar-refractivity contribution >= 4 is 23.5 Å². The molecule has 4 heteroatoms. The van der Waals surface area contributed by atoms with Crippen LogP contribution in [-0.2, 0) is 14.3 Å². The molecule has 0 aromatic heterocycles. The summed E-state index contributed by atoms with van der Waals surface area (Å²) in [7, 11) is 0. The Kier molecular flexibility index (Phi) is 20.2. The van der Waals surface area contributed by atoms with Gasteiger partial charge in [-0.25, -0.2) is 0 Å². The number of esters is 1. The van der Waals surface area contributed by atoms with Gasteiger partial charge in [0.25, 0.3) is 0 Å². The largest absolute Gasteiger partial charge is 0.465 e. The molecule has 0 amide bonds. The summed E-state index contributed by atoms with van der Waals surface area (Å²) in [6.45, 7) is 15.7. The van der Waals surface area contributed by atoms with Crippen LogP contribution in [0.3, 0.4) is 0 Å². The van der Waals surface area contributed by atoms with Gasteiger partial charge in [-0.1, -0.05) is 112 Å². The molecule has 0 spiro atoms. The minimum Gasteiger partial charge on any atom is -0.465 e. The molecule has 0 heterocycles. The Labute approximate surface area is 223 Å². The number of thioether (sulfide) groups is 1. The van der Waals surface area contributed by atoms with Crippen molar-refractivity contribution in [2.24, 2.45) is 16.7 Å². The van der Waals surface area contributed by atoms with Crippen molar-refractivity contribution < 1.29 is 14.3 Å². The first-order valence-electron chi connectivity index (χ1n) is 14.9. The van der Waals surface area contributed by atoms with Gasteiger partial charge in [0.1, 0.15) is 11.7 Å². The van der Waals surface area contributed by atoms with Gasteiger partial charge < -0.3 is 4.74 Å². The molecule has 0 fully saturated rings. The SMILES string of the molecule is CCCCCCC(C)(CCCC)COC(=O)C(CCSCC(C)(CCCC)CCCCC)C(C)=O. The van der Waals surface area contributed by atoms with Crippen molar-refractivity contribution in [1.82, 2.24) is 0 Å². The highest BCUT2D eigenvalue weighted by molar-refractivity contribution is 7.99. The van der Waals surface area contributed by atoms with Gasteiger partial charge in [0.15, 0.2) is 0 Å². The lowest BCUT2D eigenvalue weighted by molar-refractivity contribution is -0.155. The van der Waals surface area contributed by atoms with E-state index in [1.54, 1.807) is 6.92 Å². The Bertz CT molecular complexity index is 549. The average Bonchev–Trinajstić information content (AvgIpc) is 2.83. The Morgan fingerprint density at radius 1 is 0.714 bits per heavy atom. The fraction of sp³-hybridized carbons (Fsp3) is 0.935. The van der Waals surface area contributed by atoms with E-state index in [-0.39, 0.29) is 17.2 Å². The van der Waals surface area contributed by atoms with E-state index in [2.05, 4.69) is 41.5 Å². The normalized spacial score (nSPS) is 15.9. The van der Waals surface area contributed by atoms with Crippen LogP contribution in [-0.4, -0.2) is 29.9 Å². The molecule has 3 nitrogen and oxygen atoms in total. The second-order valence-electron chi connectivity index (χ2n) is 11.7. The van der Waals surface area contributed by atoms with E-state index in [9.17, 15) is 9.59 Å². The third-order valence-corrected chi connectivity index (χ3v) is 9.05. The number of hydrogen-bond acceptors (Lipinski definition) is 4. The molecule has 0 N–H and O–H groups in total. The lowest BCUT2D eigenvalue weighted by atomic mass is 9.80. The zero-order chi connectivity index (χ0) is 26.6. The average molecular weight is 513 g/mol. The summed E-state index contributed by atoms with van der Waals surface area (Å²) in [5.41, 5.74) is 0.385. The minimum atomic E-state index is -0.611. The highest BCUT2D eigenvalue weighted by Gasteiger charge is 2.30. The Morgan fingerprint density at radius 3 is 1.77 bits per heavy atom. The predicted molar refractivity (Wildman–Crippen MR) is 155 cm³/mol. The van der Waals surface area contributed by atoms with E-state index < -0.39 is 5.92 Å². The van der Waals surface area contributed by atoms with Gasteiger partial charge in [-0.15, -0.1) is 0 Å². The van der Waals surface area contributed by atoms with Gasteiger partial charge in [0, 0.05) is 5.41 Å². The molecule has 0 rings (SSSR count). The Balaban J connectivity index is 4.79. The number of ketones is 1. The molecule has 0 saturated heterocycles. The summed E-state index contributed by atoms with van der Waals surface area (Å²) in [6, 6.07) is 0. The number of Topliss-reactive ketones (excluding diaryl/α,β-unsaturated/α-hetero) is 1. The maximum Gasteiger partial charge on any atom is 0.316 e. The molecule has 3 atom stereocenters. The molecule has 35 heavy (non-hydrogen) atoms. The lowest BCUT2D eigenvalue weighted by Gasteiger charge is -2.30. The summed E-state index contributed by atoms with van der Waals surface area (Å²) < 4.78 is 5.83. The molecule has 0 aliphatic heterocycles. The molecule has 0 aromatic rings. The summed E-state index contributed by atoms with van der Waals surface area (Å²) in [6.07, 6.45) is 18.9. The number of unbranched alkanes of at least 4 members (excludes halogenated alkanes) is 7. The van der Waals surface area contributed by atoms with Crippen molar-refractivity contribution in [1.29, 1.82) is 0 Å². The van der Waals surface area contributed by atoms with Crippen LogP contribution >= 0.6 is 11.8 Å². The summed E-state index contributed by atoms with van der Waals surface area (Å²) in [5.74, 6) is 0.999. The number of ether oxygens (including phenoxy) is 1. The van der Waals surface area contributed by atoms with E-state index in [1.165, 1.54) is 70.6 Å². The van der Waals surface area contributed by atoms with Gasteiger partial charge in [0.05, 0.1) is 6.61 Å². The van der Waals surface area contributed by atoms with Gasteiger partial charge in [0.2, 0.25) is 0 Å². The molecule has 0 bridgehead atoms. The monoisotopic (exact) mass is 512 g/mol. The first-order valence-corrected chi connectivity index (χ1v) is 16.1. The zero-order valence-electron chi connectivity index (χ0n) is 24.6. The third kappa shape index (κ3) is 16.8. The van der Waals surface area contributed by atoms with Crippen molar-refractivity contribution in [2.45, 2.75) is 151 Å². The van der Waals surface area contributed by atoms with Crippen LogP contribution in [0.25, 0.3) is 0 Å². The minimum absolute atomic E-state index is 0.0229. The first kappa shape index (κ1) is 34.5. The molecule has 0 aromatic carbocycles. The summed E-state index contributed by atoms with van der Waals surface area (Å²) >= 11 is 1.92. The second kappa shape index (κ2) is 20.5. The summed E-state index contributed by atoms with van der Waals surface area (Å²) in [5, 5.41) is 0. The molecule has 0 aliphatic carbocycles. The molecule has 208 valence electrons. The Morgan fingerprint density at radius 2 is 1.20 bits per heavy atom. The van der Waals surface area contributed by atoms with Crippen LogP contribution in [0.15, 0.2) is 0 Å². The van der Waals surface area contributed by atoms with Gasteiger partial charge in [-0.2, -0.15) is 11.8 Å². The van der Waals surface area contributed by atoms with E-state index in [4.69, 9.17) is 4.74 Å². The lowest BCUT2D eigenvalue weighted by Crippen LogP contribution is -2.31. The maximum atomic E-state index is 12.9. The number of rotatable bonds is 24. The van der Waals surface area contributed by atoms with Crippen LogP contribution in [0, 0.1) is 16.7 Å². The highest BCUT2D eigenvalue weighted by Crippen LogP contribution is 2.35. The topological polar surface area (TPSA) is 43.4 Å². The quantitative estimate of drug-likeness (QED) is 0.0733. The summed E-state index contributed by atoms with van der Waals surface area (Å²) in [4.78, 5) is 25.3. The van der Waals surface area contributed by atoms with Gasteiger partial charge in [-0.05, 0) is 55.9 Å². The van der Waals surface area contributed by atoms with Crippen LogP contribution < -0.4 is 0 Å². The standard InChI is InChI=1S/C31H60O3S/c1-8-12-16-18-22-30(6,20-14-10-3)25-34-29(33)28(27(5)32)19-24-35-26-31(7,21-15-11-4)23-17-13-9-2/h28H,8-26H2,1-7H3. The molecule has 0 radical (unpaired) electrons. The predicted octanol–water partition coefficient (Wildman–Crippen LogP) is 9.80. The van der Waals surface area contributed by atoms with Crippen LogP contribution in [0.4, 0.5) is 0 Å². The first-order chi connectivity index (χ1) is 16.7. The molecule has 0 saturated carbocycles. The number of hydrogen-bond donors (Lipinski definition) is 0. The van der Waals surface area contributed by atoms with E-state index in [0.717, 1.165) is 37.2 Å². The van der Waals surface area contributed by atoms with Crippen LogP contribution in [0.5, 0.6) is 0 Å². The molecular weight excluding hydrogens is 452 g/mol. The van der Waals surface area contributed by atoms with Crippen LogP contribution in [0.2, 0.25) is 0 Å². The van der Waals surface area contributed by atoms with E-state index in [1.807, 2.05) is 11.8 Å². The van der Waals surface area contributed by atoms with Gasteiger partial charge in [-0.3, -0.25) is 9.59 Å². The van der Waals surface area contributed by atoms with Crippen molar-refractivity contribution in [3.8, 4) is 0 Å². The highest BCUT2D eigenvalue weighted by atomic mass is 32.2. The number of carbonyl (C=O) groups is 2. The van der Waals surface area contributed by atoms with Crippen molar-refractivity contribution in [3.05, 3.63) is 0 Å². The smallest absolute Gasteiger partial charge is 0.316 e. The van der Waals surface area contributed by atoms with Gasteiger partial charge >= 0.3 is 5.97 Å². The van der Waals surface area contributed by atoms with Crippen molar-refractivity contribution in [2.75, 3.05) is 18.1 Å². The number of carbonyl (C=O) groups excluding carboxylic acids is 2.